The third-order valence-electron chi connectivity index (χ3n) is 0.689. The molecule has 1 atom stereocenters. The van der Waals surface area contributed by atoms with Crippen LogP contribution in [0.25, 0.3) is 0 Å². The normalized spacial score (nSPS) is 18.9. The Labute approximate surface area is 67.3 Å². The zero-order valence-corrected chi connectivity index (χ0v) is 8.41. The Morgan fingerprint density at radius 1 is 1.71 bits per heavy atom. The van der Waals surface area contributed by atoms with Crippen molar-refractivity contribution in [3.8, 4) is 0 Å². The molecule has 0 nitrogen and oxygen atoms in total. The van der Waals surface area contributed by atoms with E-state index in [0.717, 1.165) is 0 Å². The number of hydrogen-bond donors (Lipinski definition) is 0. The van der Waals surface area contributed by atoms with E-state index in [1.807, 2.05) is 0 Å². The Hall–Kier alpha value is 1.21. The highest BCUT2D eigenvalue weighted by atomic mass is 127. The molecule has 0 spiro atoms. The maximum Gasteiger partial charge on any atom is 0.0742 e. The monoisotopic (exact) mass is 276 g/mol. The smallest absolute Gasteiger partial charge is 0.0740 e. The molecule has 0 aromatic rings. The van der Waals surface area contributed by atoms with E-state index in [9.17, 15) is 0 Å². The lowest BCUT2D eigenvalue weighted by Gasteiger charge is -2.10. The standard InChI is InChI=1S/C5H10BrI/c1-3-4-5(2,6)7/h3-4H2,1-2H3. The Morgan fingerprint density at radius 2 is 2.14 bits per heavy atom. The average molecular weight is 277 g/mol. The van der Waals surface area contributed by atoms with Gasteiger partial charge in [-0.3, -0.25) is 0 Å². The highest BCUT2D eigenvalue weighted by molar-refractivity contribution is 14.1. The lowest BCUT2D eigenvalue weighted by Crippen LogP contribution is -2.01. The molecule has 0 aromatic carbocycles. The van der Waals surface area contributed by atoms with Gasteiger partial charge in [-0.05, 0) is 13.3 Å². The Morgan fingerprint density at radius 3 is 2.14 bits per heavy atom. The molecule has 0 N–H and O–H groups in total. The van der Waals surface area contributed by atoms with Crippen LogP contribution in [0.2, 0.25) is 0 Å². The van der Waals surface area contributed by atoms with Crippen LogP contribution < -0.4 is 0 Å². The van der Waals surface area contributed by atoms with Crippen LogP contribution in [0.1, 0.15) is 26.7 Å². The van der Waals surface area contributed by atoms with Gasteiger partial charge in [0.2, 0.25) is 0 Å². The molecule has 0 aromatic heterocycles. The molecule has 0 bridgehead atoms. The van der Waals surface area contributed by atoms with Gasteiger partial charge in [0.1, 0.15) is 0 Å². The van der Waals surface area contributed by atoms with Gasteiger partial charge in [-0.1, -0.05) is 51.9 Å². The summed E-state index contributed by atoms with van der Waals surface area (Å²) in [6.45, 7) is 4.37. The molecule has 0 heterocycles. The van der Waals surface area contributed by atoms with Crippen LogP contribution in [-0.4, -0.2) is 2.33 Å². The summed E-state index contributed by atoms with van der Waals surface area (Å²) in [5, 5.41) is 0. The zero-order valence-electron chi connectivity index (χ0n) is 4.67. The van der Waals surface area contributed by atoms with Gasteiger partial charge in [0, 0.05) is 0 Å². The molecule has 0 radical (unpaired) electrons. The molecule has 44 valence electrons. The van der Waals surface area contributed by atoms with E-state index in [1.54, 1.807) is 0 Å². The Balaban J connectivity index is 3.15. The van der Waals surface area contributed by atoms with Crippen LogP contribution >= 0.6 is 38.5 Å². The Kier molecular flexibility index (Phi) is 3.84. The number of alkyl halides is 2. The summed E-state index contributed by atoms with van der Waals surface area (Å²) in [7, 11) is 0. The van der Waals surface area contributed by atoms with Crippen LogP contribution in [0.4, 0.5) is 0 Å². The van der Waals surface area contributed by atoms with Gasteiger partial charge >= 0.3 is 0 Å². The lowest BCUT2D eigenvalue weighted by atomic mass is 10.3. The SMILES string of the molecule is CCCC(C)(Br)I. The molecule has 0 fully saturated rings. The maximum atomic E-state index is 3.53. The maximum absolute atomic E-state index is 3.53. The van der Waals surface area contributed by atoms with Crippen molar-refractivity contribution in [2.45, 2.75) is 29.0 Å². The topological polar surface area (TPSA) is 0 Å². The lowest BCUT2D eigenvalue weighted by molar-refractivity contribution is 0.779. The molecule has 0 saturated carbocycles. The quantitative estimate of drug-likeness (QED) is 0.536. The van der Waals surface area contributed by atoms with Gasteiger partial charge in [0.05, 0.1) is 2.33 Å². The van der Waals surface area contributed by atoms with Gasteiger partial charge in [-0.25, -0.2) is 0 Å². The van der Waals surface area contributed by atoms with Crippen LogP contribution in [0.15, 0.2) is 0 Å². The first-order chi connectivity index (χ1) is 3.06. The summed E-state index contributed by atoms with van der Waals surface area (Å²) in [6, 6.07) is 0. The van der Waals surface area contributed by atoms with E-state index in [4.69, 9.17) is 0 Å². The third kappa shape index (κ3) is 7.21. The minimum absolute atomic E-state index is 0.333. The van der Waals surface area contributed by atoms with Crippen molar-refractivity contribution in [3.05, 3.63) is 0 Å². The van der Waals surface area contributed by atoms with E-state index in [2.05, 4.69) is 52.4 Å². The van der Waals surface area contributed by atoms with Gasteiger partial charge in [-0.15, -0.1) is 0 Å². The van der Waals surface area contributed by atoms with E-state index in [0.29, 0.717) is 2.33 Å². The van der Waals surface area contributed by atoms with Crippen molar-refractivity contribution in [1.82, 2.24) is 0 Å². The first-order valence-electron chi connectivity index (χ1n) is 2.44. The molecular formula is C5H10BrI. The first-order valence-corrected chi connectivity index (χ1v) is 4.31. The minimum atomic E-state index is 0.333. The second kappa shape index (κ2) is 3.28. The number of rotatable bonds is 2. The van der Waals surface area contributed by atoms with Crippen LogP contribution in [0.5, 0.6) is 0 Å². The predicted octanol–water partition coefficient (Wildman–Crippen LogP) is 3.33. The summed E-state index contributed by atoms with van der Waals surface area (Å²) in [5.74, 6) is 0. The summed E-state index contributed by atoms with van der Waals surface area (Å²) in [6.07, 6.45) is 2.50. The molecule has 1 unspecified atom stereocenters. The fourth-order valence-electron chi connectivity index (χ4n) is 0.439. The summed E-state index contributed by atoms with van der Waals surface area (Å²) < 4.78 is 0.333. The Bertz CT molecular complexity index is 46.5. The zero-order chi connectivity index (χ0) is 5.91. The highest BCUT2D eigenvalue weighted by Gasteiger charge is 2.11. The summed E-state index contributed by atoms with van der Waals surface area (Å²) >= 11 is 5.92. The van der Waals surface area contributed by atoms with Crippen molar-refractivity contribution < 1.29 is 0 Å². The van der Waals surface area contributed by atoms with Crippen molar-refractivity contribution >= 4 is 38.5 Å². The van der Waals surface area contributed by atoms with Gasteiger partial charge in [0.15, 0.2) is 0 Å². The van der Waals surface area contributed by atoms with Crippen molar-refractivity contribution in [1.29, 1.82) is 0 Å². The fourth-order valence-corrected chi connectivity index (χ4v) is 1.37. The van der Waals surface area contributed by atoms with Gasteiger partial charge in [-0.2, -0.15) is 0 Å². The minimum Gasteiger partial charge on any atom is -0.0740 e. The molecule has 7 heavy (non-hydrogen) atoms. The molecule has 2 heteroatoms. The number of hydrogen-bond acceptors (Lipinski definition) is 0. The highest BCUT2D eigenvalue weighted by Crippen LogP contribution is 2.30. The van der Waals surface area contributed by atoms with Crippen LogP contribution in [0.3, 0.4) is 0 Å². The molecule has 0 aliphatic heterocycles. The predicted molar refractivity (Wildman–Crippen MR) is 46.3 cm³/mol. The molecular weight excluding hydrogens is 267 g/mol. The van der Waals surface area contributed by atoms with Crippen molar-refractivity contribution in [2.75, 3.05) is 0 Å². The second-order valence-electron chi connectivity index (χ2n) is 1.82. The fraction of sp³-hybridized carbons (Fsp3) is 1.00. The third-order valence-corrected chi connectivity index (χ3v) is 1.62. The molecule has 0 saturated heterocycles. The van der Waals surface area contributed by atoms with Gasteiger partial charge < -0.3 is 0 Å². The average Bonchev–Trinajstić information content (AvgIpc) is 1.30. The second-order valence-corrected chi connectivity index (χ2v) is 7.43. The molecule has 0 rings (SSSR count). The summed E-state index contributed by atoms with van der Waals surface area (Å²) in [4.78, 5) is 0. The van der Waals surface area contributed by atoms with Crippen molar-refractivity contribution in [2.24, 2.45) is 0 Å². The largest absolute Gasteiger partial charge is 0.0742 e. The molecule has 0 amide bonds. The van der Waals surface area contributed by atoms with E-state index >= 15 is 0 Å². The molecule has 0 aliphatic carbocycles. The van der Waals surface area contributed by atoms with E-state index in [-0.39, 0.29) is 0 Å². The van der Waals surface area contributed by atoms with Gasteiger partial charge in [0.25, 0.3) is 0 Å². The first kappa shape index (κ1) is 8.21. The van der Waals surface area contributed by atoms with E-state index < -0.39 is 0 Å². The summed E-state index contributed by atoms with van der Waals surface area (Å²) in [5.41, 5.74) is 0. The van der Waals surface area contributed by atoms with Crippen molar-refractivity contribution in [3.63, 3.8) is 0 Å². The molecule has 0 aliphatic rings. The van der Waals surface area contributed by atoms with Crippen LogP contribution in [-0.2, 0) is 0 Å². The van der Waals surface area contributed by atoms with Crippen LogP contribution in [0, 0.1) is 0 Å². The van der Waals surface area contributed by atoms with E-state index in [1.165, 1.54) is 12.8 Å². The number of halogens is 2.